The summed E-state index contributed by atoms with van der Waals surface area (Å²) in [4.78, 5) is 27.4. The first kappa shape index (κ1) is 23.7. The van der Waals surface area contributed by atoms with Crippen molar-refractivity contribution in [2.75, 3.05) is 13.2 Å². The van der Waals surface area contributed by atoms with Crippen LogP contribution in [0.25, 0.3) is 0 Å². The first-order valence-electron chi connectivity index (χ1n) is 10.4. The van der Waals surface area contributed by atoms with Crippen LogP contribution in [0.2, 0.25) is 5.02 Å². The molecule has 0 fully saturated rings. The quantitative estimate of drug-likeness (QED) is 0.589. The van der Waals surface area contributed by atoms with E-state index in [1.165, 1.54) is 0 Å². The maximum Gasteiger partial charge on any atom is 0.261 e. The highest BCUT2D eigenvalue weighted by atomic mass is 35.5. The van der Waals surface area contributed by atoms with Gasteiger partial charge in [-0.3, -0.25) is 9.59 Å². The Hall–Kier alpha value is -2.53. The summed E-state index contributed by atoms with van der Waals surface area (Å²) in [6.45, 7) is 8.61. The Morgan fingerprint density at radius 1 is 1.07 bits per heavy atom. The number of para-hydroxylation sites is 1. The lowest BCUT2D eigenvalue weighted by Crippen LogP contribution is -2.50. The van der Waals surface area contributed by atoms with Gasteiger partial charge < -0.3 is 15.0 Å². The maximum absolute atomic E-state index is 13.2. The Morgan fingerprint density at radius 2 is 1.73 bits per heavy atom. The lowest BCUT2D eigenvalue weighted by Gasteiger charge is -2.30. The molecule has 0 saturated carbocycles. The molecule has 0 saturated heterocycles. The number of nitrogens with zero attached hydrogens (tertiary/aromatic N) is 1. The minimum Gasteiger partial charge on any atom is -0.483 e. The Kier molecular flexibility index (Phi) is 9.18. The van der Waals surface area contributed by atoms with Gasteiger partial charge in [0.25, 0.3) is 5.91 Å². The van der Waals surface area contributed by atoms with Crippen molar-refractivity contribution in [1.29, 1.82) is 0 Å². The second kappa shape index (κ2) is 11.6. The van der Waals surface area contributed by atoms with Crippen molar-refractivity contribution >= 4 is 23.4 Å². The summed E-state index contributed by atoms with van der Waals surface area (Å²) in [5, 5.41) is 3.46. The number of ether oxygens (including phenoxy) is 1. The van der Waals surface area contributed by atoms with E-state index in [2.05, 4.69) is 19.2 Å². The molecule has 0 aliphatic carbocycles. The molecule has 1 atom stereocenters. The maximum atomic E-state index is 13.2. The molecule has 2 aromatic carbocycles. The number of rotatable bonds is 10. The molecule has 6 heteroatoms. The van der Waals surface area contributed by atoms with E-state index >= 15 is 0 Å². The molecule has 30 heavy (non-hydrogen) atoms. The van der Waals surface area contributed by atoms with Crippen molar-refractivity contribution in [3.8, 4) is 5.75 Å². The second-order valence-electron chi connectivity index (χ2n) is 7.45. The lowest BCUT2D eigenvalue weighted by molar-refractivity contribution is -0.142. The number of hydrogen-bond acceptors (Lipinski definition) is 3. The number of nitrogens with one attached hydrogen (secondary N) is 1. The summed E-state index contributed by atoms with van der Waals surface area (Å²) in [6, 6.07) is 14.4. The van der Waals surface area contributed by atoms with Crippen molar-refractivity contribution in [3.63, 3.8) is 0 Å². The summed E-state index contributed by atoms with van der Waals surface area (Å²) in [5.74, 6) is 0.574. The Morgan fingerprint density at radius 3 is 2.33 bits per heavy atom. The van der Waals surface area contributed by atoms with E-state index in [1.807, 2.05) is 50.2 Å². The van der Waals surface area contributed by atoms with Gasteiger partial charge in [0.05, 0.1) is 0 Å². The van der Waals surface area contributed by atoms with Crippen molar-refractivity contribution in [1.82, 2.24) is 10.2 Å². The van der Waals surface area contributed by atoms with Crippen LogP contribution in [0.4, 0.5) is 0 Å². The minimum absolute atomic E-state index is 0.132. The zero-order valence-electron chi connectivity index (χ0n) is 18.2. The number of carbonyl (C=O) groups excluding carboxylic acids is 2. The fourth-order valence-corrected chi connectivity index (χ4v) is 3.44. The summed E-state index contributed by atoms with van der Waals surface area (Å²) in [5.41, 5.74) is 1.95. The Balaban J connectivity index is 2.22. The molecule has 2 aromatic rings. The van der Waals surface area contributed by atoms with Gasteiger partial charge in [0, 0.05) is 18.1 Å². The predicted molar refractivity (Wildman–Crippen MR) is 121 cm³/mol. The van der Waals surface area contributed by atoms with Crippen LogP contribution < -0.4 is 10.1 Å². The molecule has 2 rings (SSSR count). The third-order valence-corrected chi connectivity index (χ3v) is 5.15. The van der Waals surface area contributed by atoms with Crippen LogP contribution in [-0.4, -0.2) is 35.9 Å². The highest BCUT2D eigenvalue weighted by molar-refractivity contribution is 6.30. The van der Waals surface area contributed by atoms with Gasteiger partial charge >= 0.3 is 0 Å². The van der Waals surface area contributed by atoms with Crippen molar-refractivity contribution in [2.24, 2.45) is 0 Å². The van der Waals surface area contributed by atoms with Crippen LogP contribution in [0.3, 0.4) is 0 Å². The zero-order chi connectivity index (χ0) is 22.1. The van der Waals surface area contributed by atoms with Crippen LogP contribution >= 0.6 is 11.6 Å². The molecule has 162 valence electrons. The molecule has 2 amide bonds. The monoisotopic (exact) mass is 430 g/mol. The SMILES string of the molecule is CCNC(=O)[C@H](CC)N(Cc1ccc(Cl)cc1)C(=O)COc1ccccc1C(C)C. The molecule has 0 aromatic heterocycles. The lowest BCUT2D eigenvalue weighted by atomic mass is 10.0. The third kappa shape index (κ3) is 6.49. The number of likely N-dealkylation sites (N-methyl/N-ethyl adjacent to an activating group) is 1. The molecule has 1 N–H and O–H groups in total. The molecule has 5 nitrogen and oxygen atoms in total. The average Bonchev–Trinajstić information content (AvgIpc) is 2.73. The van der Waals surface area contributed by atoms with Gasteiger partial charge in [0.1, 0.15) is 11.8 Å². The smallest absolute Gasteiger partial charge is 0.261 e. The van der Waals surface area contributed by atoms with Crippen molar-refractivity contribution in [3.05, 3.63) is 64.7 Å². The molecular weight excluding hydrogens is 400 g/mol. The number of carbonyl (C=O) groups is 2. The number of hydrogen-bond donors (Lipinski definition) is 1. The fourth-order valence-electron chi connectivity index (χ4n) is 3.31. The summed E-state index contributed by atoms with van der Waals surface area (Å²) >= 11 is 5.99. The molecule has 0 spiro atoms. The minimum atomic E-state index is -0.572. The molecule has 0 bridgehead atoms. The van der Waals surface area contributed by atoms with E-state index < -0.39 is 6.04 Å². The van der Waals surface area contributed by atoms with Gasteiger partial charge in [-0.1, -0.05) is 62.7 Å². The number of benzene rings is 2. The molecule has 0 aliphatic rings. The van der Waals surface area contributed by atoms with E-state index in [1.54, 1.807) is 17.0 Å². The third-order valence-electron chi connectivity index (χ3n) is 4.90. The highest BCUT2D eigenvalue weighted by Gasteiger charge is 2.28. The first-order chi connectivity index (χ1) is 14.4. The van der Waals surface area contributed by atoms with Gasteiger partial charge in [-0.25, -0.2) is 0 Å². The Bertz CT molecular complexity index is 837. The van der Waals surface area contributed by atoms with Gasteiger partial charge in [-0.05, 0) is 48.6 Å². The van der Waals surface area contributed by atoms with Crippen LogP contribution in [0, 0.1) is 0 Å². The topological polar surface area (TPSA) is 58.6 Å². The average molecular weight is 431 g/mol. The molecular formula is C24H31ClN2O3. The first-order valence-corrected chi connectivity index (χ1v) is 10.8. The normalized spacial score (nSPS) is 11.8. The van der Waals surface area contributed by atoms with Crippen LogP contribution in [0.15, 0.2) is 48.5 Å². The standard InChI is InChI=1S/C24H31ClN2O3/c1-5-21(24(29)26-6-2)27(15-18-11-13-19(25)14-12-18)23(28)16-30-22-10-8-7-9-20(22)17(3)4/h7-14,17,21H,5-6,15-16H2,1-4H3,(H,26,29)/t21-/m0/s1. The number of amides is 2. The Labute approximate surface area is 184 Å². The summed E-state index contributed by atoms with van der Waals surface area (Å²) < 4.78 is 5.89. The molecule has 0 aliphatic heterocycles. The van der Waals surface area contributed by atoms with E-state index in [9.17, 15) is 9.59 Å². The summed E-state index contributed by atoms with van der Waals surface area (Å²) in [6.07, 6.45) is 0.508. The van der Waals surface area contributed by atoms with Crippen molar-refractivity contribution < 1.29 is 14.3 Å². The van der Waals surface area contributed by atoms with Crippen LogP contribution in [0.5, 0.6) is 5.75 Å². The largest absolute Gasteiger partial charge is 0.483 e. The van der Waals surface area contributed by atoms with Gasteiger partial charge in [0.2, 0.25) is 5.91 Å². The van der Waals surface area contributed by atoms with E-state index in [4.69, 9.17) is 16.3 Å². The van der Waals surface area contributed by atoms with Gasteiger partial charge in [-0.2, -0.15) is 0 Å². The molecule has 0 unspecified atom stereocenters. The van der Waals surface area contributed by atoms with E-state index in [0.717, 1.165) is 11.1 Å². The van der Waals surface area contributed by atoms with Crippen molar-refractivity contribution in [2.45, 2.75) is 52.6 Å². The molecule has 0 radical (unpaired) electrons. The number of halogens is 1. The van der Waals surface area contributed by atoms with E-state index in [-0.39, 0.29) is 24.3 Å². The second-order valence-corrected chi connectivity index (χ2v) is 7.88. The van der Waals surface area contributed by atoms with Crippen LogP contribution in [0.1, 0.15) is 51.2 Å². The summed E-state index contributed by atoms with van der Waals surface area (Å²) in [7, 11) is 0. The highest BCUT2D eigenvalue weighted by Crippen LogP contribution is 2.26. The van der Waals surface area contributed by atoms with Gasteiger partial charge in [0.15, 0.2) is 6.61 Å². The molecule has 0 heterocycles. The van der Waals surface area contributed by atoms with E-state index in [0.29, 0.717) is 30.3 Å². The van der Waals surface area contributed by atoms with Gasteiger partial charge in [-0.15, -0.1) is 0 Å². The zero-order valence-corrected chi connectivity index (χ0v) is 18.9. The van der Waals surface area contributed by atoms with Crippen LogP contribution in [-0.2, 0) is 16.1 Å². The predicted octanol–water partition coefficient (Wildman–Crippen LogP) is 4.79. The fraction of sp³-hybridized carbons (Fsp3) is 0.417.